The van der Waals surface area contributed by atoms with E-state index in [0.29, 0.717) is 6.42 Å². The molecular weight excluding hydrogens is 232 g/mol. The topological polar surface area (TPSA) is 36.7 Å². The minimum atomic E-state index is 0.407. The number of benzene rings is 2. The first-order valence-electron chi connectivity index (χ1n) is 6.19. The van der Waals surface area contributed by atoms with Gasteiger partial charge in [-0.1, -0.05) is 48.5 Å². The third-order valence-electron chi connectivity index (χ3n) is 3.16. The van der Waals surface area contributed by atoms with Gasteiger partial charge in [-0.15, -0.1) is 0 Å². The highest BCUT2D eigenvalue weighted by atomic mass is 14.7. The van der Waals surface area contributed by atoms with Gasteiger partial charge >= 0.3 is 0 Å². The molecule has 2 aromatic carbocycles. The van der Waals surface area contributed by atoms with Gasteiger partial charge in [0, 0.05) is 10.9 Å². The number of pyridine rings is 1. The molecule has 0 spiro atoms. The van der Waals surface area contributed by atoms with E-state index in [1.165, 1.54) is 0 Å². The lowest BCUT2D eigenvalue weighted by Crippen LogP contribution is -1.91. The number of nitriles is 1. The van der Waals surface area contributed by atoms with Crippen molar-refractivity contribution < 1.29 is 0 Å². The first-order valence-corrected chi connectivity index (χ1v) is 6.19. The Morgan fingerprint density at radius 2 is 1.68 bits per heavy atom. The van der Waals surface area contributed by atoms with Crippen LogP contribution in [0.2, 0.25) is 0 Å². The Hall–Kier alpha value is -2.66. The van der Waals surface area contributed by atoms with E-state index >= 15 is 0 Å². The monoisotopic (exact) mass is 244 g/mol. The standard InChI is InChI=1S/C17H12N2/c18-12-11-13-5-1-3-7-15(13)17-10-9-14-6-2-4-8-16(14)19-17/h1-10H,11H2. The number of aromatic nitrogens is 1. The summed E-state index contributed by atoms with van der Waals surface area (Å²) in [5.41, 5.74) is 3.96. The SMILES string of the molecule is N#CCc1ccccc1-c1ccc2ccccc2n1. The second-order valence-corrected chi connectivity index (χ2v) is 4.38. The van der Waals surface area contributed by atoms with Crippen LogP contribution in [0.4, 0.5) is 0 Å². The van der Waals surface area contributed by atoms with Crippen LogP contribution in [0, 0.1) is 11.3 Å². The van der Waals surface area contributed by atoms with Crippen LogP contribution in [0.3, 0.4) is 0 Å². The molecule has 19 heavy (non-hydrogen) atoms. The van der Waals surface area contributed by atoms with Gasteiger partial charge < -0.3 is 0 Å². The third kappa shape index (κ3) is 2.19. The highest BCUT2D eigenvalue weighted by molar-refractivity contribution is 5.81. The minimum absolute atomic E-state index is 0.407. The summed E-state index contributed by atoms with van der Waals surface area (Å²) in [6.45, 7) is 0. The molecular formula is C17H12N2. The fraction of sp³-hybridized carbons (Fsp3) is 0.0588. The molecule has 0 saturated carbocycles. The summed E-state index contributed by atoms with van der Waals surface area (Å²) in [7, 11) is 0. The lowest BCUT2D eigenvalue weighted by Gasteiger charge is -2.07. The van der Waals surface area contributed by atoms with Crippen LogP contribution >= 0.6 is 0 Å². The van der Waals surface area contributed by atoms with Gasteiger partial charge in [0.25, 0.3) is 0 Å². The lowest BCUT2D eigenvalue weighted by molar-refractivity contribution is 1.25. The number of fused-ring (bicyclic) bond motifs is 1. The molecule has 0 atom stereocenters. The minimum Gasteiger partial charge on any atom is -0.248 e. The van der Waals surface area contributed by atoms with Crippen LogP contribution in [0.15, 0.2) is 60.7 Å². The van der Waals surface area contributed by atoms with Crippen LogP contribution in [0.1, 0.15) is 5.56 Å². The Kier molecular flexibility index (Phi) is 2.96. The number of nitrogens with zero attached hydrogens (tertiary/aromatic N) is 2. The van der Waals surface area contributed by atoms with E-state index in [1.54, 1.807) is 0 Å². The average Bonchev–Trinajstić information content (AvgIpc) is 2.48. The first-order chi connectivity index (χ1) is 9.38. The van der Waals surface area contributed by atoms with Gasteiger partial charge in [0.15, 0.2) is 0 Å². The molecule has 90 valence electrons. The van der Waals surface area contributed by atoms with Crippen molar-refractivity contribution in [2.24, 2.45) is 0 Å². The van der Waals surface area contributed by atoms with Crippen LogP contribution < -0.4 is 0 Å². The van der Waals surface area contributed by atoms with Crippen molar-refractivity contribution in [2.75, 3.05) is 0 Å². The zero-order valence-corrected chi connectivity index (χ0v) is 10.4. The predicted octanol–water partition coefficient (Wildman–Crippen LogP) is 3.97. The largest absolute Gasteiger partial charge is 0.248 e. The Morgan fingerprint density at radius 3 is 2.58 bits per heavy atom. The zero-order valence-electron chi connectivity index (χ0n) is 10.4. The van der Waals surface area contributed by atoms with E-state index in [9.17, 15) is 0 Å². The molecule has 1 heterocycles. The van der Waals surface area contributed by atoms with Crippen LogP contribution in [-0.4, -0.2) is 4.98 Å². The maximum absolute atomic E-state index is 8.89. The zero-order chi connectivity index (χ0) is 13.1. The van der Waals surface area contributed by atoms with Crippen LogP contribution in [-0.2, 0) is 6.42 Å². The summed E-state index contributed by atoms with van der Waals surface area (Å²) in [4.78, 5) is 4.68. The Balaban J connectivity index is 2.17. The highest BCUT2D eigenvalue weighted by Gasteiger charge is 2.06. The van der Waals surface area contributed by atoms with Crippen LogP contribution in [0.25, 0.3) is 22.2 Å². The molecule has 0 saturated heterocycles. The van der Waals surface area contributed by atoms with Crippen molar-refractivity contribution in [1.82, 2.24) is 4.98 Å². The van der Waals surface area contributed by atoms with Crippen LogP contribution in [0.5, 0.6) is 0 Å². The smallest absolute Gasteiger partial charge is 0.0712 e. The highest BCUT2D eigenvalue weighted by Crippen LogP contribution is 2.24. The Bertz CT molecular complexity index is 769. The molecule has 2 heteroatoms. The second-order valence-electron chi connectivity index (χ2n) is 4.38. The molecule has 0 fully saturated rings. The summed E-state index contributed by atoms with van der Waals surface area (Å²) in [6, 6.07) is 22.3. The van der Waals surface area contributed by atoms with E-state index in [2.05, 4.69) is 17.1 Å². The number of hydrogen-bond donors (Lipinski definition) is 0. The molecule has 0 unspecified atom stereocenters. The number of rotatable bonds is 2. The van der Waals surface area contributed by atoms with Gasteiger partial charge in [-0.25, -0.2) is 4.98 Å². The van der Waals surface area contributed by atoms with Crippen molar-refractivity contribution in [3.63, 3.8) is 0 Å². The lowest BCUT2D eigenvalue weighted by atomic mass is 10.0. The molecule has 0 aliphatic carbocycles. The van der Waals surface area contributed by atoms with E-state index in [1.807, 2.05) is 54.6 Å². The molecule has 3 rings (SSSR count). The first kappa shape index (κ1) is 11.4. The molecule has 2 nitrogen and oxygen atoms in total. The molecule has 0 amide bonds. The summed E-state index contributed by atoms with van der Waals surface area (Å²) < 4.78 is 0. The van der Waals surface area contributed by atoms with E-state index in [0.717, 1.165) is 27.7 Å². The number of para-hydroxylation sites is 1. The van der Waals surface area contributed by atoms with Crippen molar-refractivity contribution in [2.45, 2.75) is 6.42 Å². The third-order valence-corrected chi connectivity index (χ3v) is 3.16. The fourth-order valence-corrected chi connectivity index (χ4v) is 2.23. The normalized spacial score (nSPS) is 10.3. The molecule has 3 aromatic rings. The molecule has 0 radical (unpaired) electrons. The van der Waals surface area contributed by atoms with Crippen molar-refractivity contribution in [3.05, 3.63) is 66.2 Å². The van der Waals surface area contributed by atoms with E-state index < -0.39 is 0 Å². The molecule has 0 aliphatic heterocycles. The quantitative estimate of drug-likeness (QED) is 0.684. The maximum atomic E-state index is 8.89. The van der Waals surface area contributed by atoms with Gasteiger partial charge in [0.2, 0.25) is 0 Å². The van der Waals surface area contributed by atoms with Crippen molar-refractivity contribution >= 4 is 10.9 Å². The summed E-state index contributed by atoms with van der Waals surface area (Å²) in [6.07, 6.45) is 0.407. The average molecular weight is 244 g/mol. The van der Waals surface area contributed by atoms with Gasteiger partial charge in [-0.2, -0.15) is 5.26 Å². The van der Waals surface area contributed by atoms with Gasteiger partial charge in [-0.05, 0) is 17.7 Å². The molecule has 0 aliphatic rings. The second kappa shape index (κ2) is 4.91. The Labute approximate surface area is 112 Å². The van der Waals surface area contributed by atoms with Crippen molar-refractivity contribution in [1.29, 1.82) is 5.26 Å². The predicted molar refractivity (Wildman–Crippen MR) is 76.5 cm³/mol. The number of hydrogen-bond acceptors (Lipinski definition) is 2. The van der Waals surface area contributed by atoms with Gasteiger partial charge in [0.1, 0.15) is 0 Å². The van der Waals surface area contributed by atoms with Gasteiger partial charge in [0.05, 0.1) is 23.7 Å². The maximum Gasteiger partial charge on any atom is 0.0712 e. The van der Waals surface area contributed by atoms with E-state index in [4.69, 9.17) is 5.26 Å². The summed E-state index contributed by atoms with van der Waals surface area (Å²) >= 11 is 0. The van der Waals surface area contributed by atoms with Gasteiger partial charge in [-0.3, -0.25) is 0 Å². The Morgan fingerprint density at radius 1 is 0.895 bits per heavy atom. The fourth-order valence-electron chi connectivity index (χ4n) is 2.23. The molecule has 0 bridgehead atoms. The summed E-state index contributed by atoms with van der Waals surface area (Å²) in [5, 5.41) is 10.0. The summed E-state index contributed by atoms with van der Waals surface area (Å²) in [5.74, 6) is 0. The van der Waals surface area contributed by atoms with Crippen molar-refractivity contribution in [3.8, 4) is 17.3 Å². The van der Waals surface area contributed by atoms with E-state index in [-0.39, 0.29) is 0 Å². The molecule has 1 aromatic heterocycles. The molecule has 0 N–H and O–H groups in total.